The summed E-state index contributed by atoms with van der Waals surface area (Å²) in [7, 11) is 1.63. The smallest absolute Gasteiger partial charge is 0.145 e. The Morgan fingerprint density at radius 1 is 1.29 bits per heavy atom. The first-order chi connectivity index (χ1) is 9.95. The van der Waals surface area contributed by atoms with Crippen molar-refractivity contribution in [3.05, 3.63) is 55.1 Å². The van der Waals surface area contributed by atoms with Crippen LogP contribution in [0.4, 0.5) is 0 Å². The molecule has 1 atom stereocenters. The Morgan fingerprint density at radius 3 is 2.38 bits per heavy atom. The van der Waals surface area contributed by atoms with Gasteiger partial charge in [-0.2, -0.15) is 0 Å². The van der Waals surface area contributed by atoms with Gasteiger partial charge in [0.2, 0.25) is 0 Å². The molecule has 1 aromatic rings. The third-order valence-corrected chi connectivity index (χ3v) is 3.56. The summed E-state index contributed by atoms with van der Waals surface area (Å²) in [5, 5.41) is 0. The summed E-state index contributed by atoms with van der Waals surface area (Å²) in [6.45, 7) is 11.6. The lowest BCUT2D eigenvalue weighted by atomic mass is 9.80. The molecule has 0 fully saturated rings. The van der Waals surface area contributed by atoms with Gasteiger partial charge in [0.15, 0.2) is 0 Å². The van der Waals surface area contributed by atoms with Crippen molar-refractivity contribution in [2.45, 2.75) is 33.0 Å². The zero-order valence-corrected chi connectivity index (χ0v) is 13.1. The molecule has 0 aliphatic rings. The van der Waals surface area contributed by atoms with E-state index in [1.807, 2.05) is 38.1 Å². The lowest BCUT2D eigenvalue weighted by molar-refractivity contribution is -0.133. The second-order valence-corrected chi connectivity index (χ2v) is 5.45. The third-order valence-electron chi connectivity index (χ3n) is 3.56. The summed E-state index contributed by atoms with van der Waals surface area (Å²) >= 11 is 0. The Morgan fingerprint density at radius 2 is 1.90 bits per heavy atom. The fourth-order valence-electron chi connectivity index (χ4n) is 2.03. The van der Waals surface area contributed by atoms with Crippen LogP contribution in [-0.4, -0.2) is 19.0 Å². The Kier molecular flexibility index (Phi) is 6.38. The molecule has 0 amide bonds. The van der Waals surface area contributed by atoms with Gasteiger partial charge in [-0.25, -0.2) is 0 Å². The van der Waals surface area contributed by atoms with Crippen LogP contribution in [0.1, 0.15) is 25.8 Å². The topological polar surface area (TPSA) is 35.5 Å². The molecule has 3 nitrogen and oxygen atoms in total. The molecule has 3 heteroatoms. The van der Waals surface area contributed by atoms with Gasteiger partial charge in [0, 0.05) is 6.42 Å². The first-order valence-corrected chi connectivity index (χ1v) is 6.97. The molecule has 1 aromatic carbocycles. The molecule has 0 aliphatic heterocycles. The van der Waals surface area contributed by atoms with E-state index in [1.165, 1.54) is 0 Å². The van der Waals surface area contributed by atoms with Crippen molar-refractivity contribution in [1.82, 2.24) is 0 Å². The minimum absolute atomic E-state index is 0.0946. The standard InChI is InChI=1S/C18H24O3/c1-6-8-16(19)18(3,4)17(7-2)21-13-14-9-11-15(20-5)12-10-14/h6-7,9-12,17H,1-2,8,13H2,3-5H3/t17-/m0/s1. The van der Waals surface area contributed by atoms with Gasteiger partial charge in [-0.05, 0) is 17.7 Å². The Hall–Kier alpha value is -1.87. The van der Waals surface area contributed by atoms with Gasteiger partial charge in [-0.1, -0.05) is 38.1 Å². The number of carbonyl (C=O) groups excluding carboxylic acids is 1. The first kappa shape index (κ1) is 17.2. The summed E-state index contributed by atoms with van der Waals surface area (Å²) in [5.41, 5.74) is 0.400. The van der Waals surface area contributed by atoms with Crippen molar-refractivity contribution in [1.29, 1.82) is 0 Å². The number of carbonyl (C=O) groups is 1. The van der Waals surface area contributed by atoms with E-state index in [0.29, 0.717) is 13.0 Å². The number of benzene rings is 1. The lowest BCUT2D eigenvalue weighted by Gasteiger charge is -2.30. The Labute approximate surface area is 127 Å². The van der Waals surface area contributed by atoms with E-state index >= 15 is 0 Å². The van der Waals surface area contributed by atoms with E-state index in [9.17, 15) is 4.79 Å². The van der Waals surface area contributed by atoms with E-state index in [0.717, 1.165) is 11.3 Å². The second-order valence-electron chi connectivity index (χ2n) is 5.45. The number of Topliss-reactive ketones (excluding diaryl/α,β-unsaturated/α-hetero) is 1. The molecular weight excluding hydrogens is 264 g/mol. The highest BCUT2D eigenvalue weighted by Gasteiger charge is 2.34. The maximum atomic E-state index is 12.1. The molecule has 0 bridgehead atoms. The molecule has 21 heavy (non-hydrogen) atoms. The largest absolute Gasteiger partial charge is 0.497 e. The number of ketones is 1. The van der Waals surface area contributed by atoms with E-state index in [4.69, 9.17) is 9.47 Å². The van der Waals surface area contributed by atoms with E-state index in [1.54, 1.807) is 19.3 Å². The summed E-state index contributed by atoms with van der Waals surface area (Å²) in [4.78, 5) is 12.1. The van der Waals surface area contributed by atoms with E-state index < -0.39 is 5.41 Å². The van der Waals surface area contributed by atoms with E-state index in [-0.39, 0.29) is 11.9 Å². The Bertz CT molecular complexity index is 486. The molecule has 0 unspecified atom stereocenters. The van der Waals surface area contributed by atoms with Crippen molar-refractivity contribution < 1.29 is 14.3 Å². The van der Waals surface area contributed by atoms with Gasteiger partial charge >= 0.3 is 0 Å². The molecule has 114 valence electrons. The van der Waals surface area contributed by atoms with E-state index in [2.05, 4.69) is 13.2 Å². The third kappa shape index (κ3) is 4.57. The van der Waals surface area contributed by atoms with Crippen LogP contribution < -0.4 is 4.74 Å². The molecule has 1 rings (SSSR count). The van der Waals surface area contributed by atoms with Crippen LogP contribution >= 0.6 is 0 Å². The average molecular weight is 288 g/mol. The predicted octanol–water partition coefficient (Wildman–Crippen LogP) is 3.94. The van der Waals surface area contributed by atoms with Gasteiger partial charge in [0.1, 0.15) is 11.5 Å². The van der Waals surface area contributed by atoms with Crippen molar-refractivity contribution in [3.8, 4) is 5.75 Å². The maximum absolute atomic E-state index is 12.1. The fraction of sp³-hybridized carbons (Fsp3) is 0.389. The van der Waals surface area contributed by atoms with Gasteiger partial charge in [-0.3, -0.25) is 4.79 Å². The first-order valence-electron chi connectivity index (χ1n) is 6.97. The van der Waals surface area contributed by atoms with Gasteiger partial charge in [-0.15, -0.1) is 13.2 Å². The normalized spacial score (nSPS) is 12.5. The summed E-state index contributed by atoms with van der Waals surface area (Å²) in [6.07, 6.45) is 3.30. The fourth-order valence-corrected chi connectivity index (χ4v) is 2.03. The molecular formula is C18H24O3. The van der Waals surface area contributed by atoms with Crippen LogP contribution in [0.3, 0.4) is 0 Å². The van der Waals surface area contributed by atoms with Crippen LogP contribution in [0.2, 0.25) is 0 Å². The van der Waals surface area contributed by atoms with Crippen LogP contribution in [-0.2, 0) is 16.1 Å². The molecule has 0 heterocycles. The van der Waals surface area contributed by atoms with Gasteiger partial charge in [0.25, 0.3) is 0 Å². The predicted molar refractivity (Wildman–Crippen MR) is 85.4 cm³/mol. The number of hydrogen-bond donors (Lipinski definition) is 0. The zero-order valence-electron chi connectivity index (χ0n) is 13.1. The molecule has 0 N–H and O–H groups in total. The molecule has 0 spiro atoms. The van der Waals surface area contributed by atoms with Crippen molar-refractivity contribution in [2.75, 3.05) is 7.11 Å². The van der Waals surface area contributed by atoms with Crippen LogP contribution in [0.15, 0.2) is 49.6 Å². The van der Waals surface area contributed by atoms with Crippen molar-refractivity contribution >= 4 is 5.78 Å². The van der Waals surface area contributed by atoms with Crippen LogP contribution in [0.5, 0.6) is 5.75 Å². The molecule has 0 aliphatic carbocycles. The summed E-state index contributed by atoms with van der Waals surface area (Å²) in [5.74, 6) is 0.901. The summed E-state index contributed by atoms with van der Waals surface area (Å²) < 4.78 is 11.0. The van der Waals surface area contributed by atoms with Gasteiger partial charge < -0.3 is 9.47 Å². The average Bonchev–Trinajstić information content (AvgIpc) is 2.48. The quantitative estimate of drug-likeness (QED) is 0.646. The highest BCUT2D eigenvalue weighted by Crippen LogP contribution is 2.28. The highest BCUT2D eigenvalue weighted by atomic mass is 16.5. The molecule has 0 saturated carbocycles. The Balaban J connectivity index is 2.70. The van der Waals surface area contributed by atoms with Crippen LogP contribution in [0.25, 0.3) is 0 Å². The number of hydrogen-bond acceptors (Lipinski definition) is 3. The number of allylic oxidation sites excluding steroid dienone is 1. The molecule has 0 aromatic heterocycles. The SMILES string of the molecule is C=CCC(=O)C(C)(C)[C@H](C=C)OCc1ccc(OC)cc1. The number of methoxy groups -OCH3 is 1. The van der Waals surface area contributed by atoms with Crippen molar-refractivity contribution in [2.24, 2.45) is 5.41 Å². The molecule has 0 saturated heterocycles. The maximum Gasteiger partial charge on any atom is 0.145 e. The number of rotatable bonds is 9. The second kappa shape index (κ2) is 7.79. The minimum Gasteiger partial charge on any atom is -0.497 e. The zero-order chi connectivity index (χ0) is 15.9. The van der Waals surface area contributed by atoms with Crippen molar-refractivity contribution in [3.63, 3.8) is 0 Å². The minimum atomic E-state index is -0.623. The van der Waals surface area contributed by atoms with Gasteiger partial charge in [0.05, 0.1) is 25.2 Å². The highest BCUT2D eigenvalue weighted by molar-refractivity contribution is 5.86. The van der Waals surface area contributed by atoms with Crippen LogP contribution in [0, 0.1) is 5.41 Å². The monoisotopic (exact) mass is 288 g/mol. The molecule has 0 radical (unpaired) electrons. The lowest BCUT2D eigenvalue weighted by Crippen LogP contribution is -2.37. The summed E-state index contributed by atoms with van der Waals surface area (Å²) in [6, 6.07) is 7.65. The number of ether oxygens (including phenoxy) is 2.